The van der Waals surface area contributed by atoms with Gasteiger partial charge in [-0.25, -0.2) is 0 Å². The van der Waals surface area contributed by atoms with Crippen molar-refractivity contribution < 1.29 is 0 Å². The number of benzene rings is 10. The second-order valence-electron chi connectivity index (χ2n) is 21.5. The van der Waals surface area contributed by atoms with Crippen molar-refractivity contribution in [2.24, 2.45) is 0 Å². The quantitative estimate of drug-likeness (QED) is 0.155. The highest BCUT2D eigenvalue weighted by Crippen LogP contribution is 2.55. The number of para-hydroxylation sites is 3. The molecule has 1 aromatic heterocycles. The number of nitrogens with zero attached hydrogens (tertiary/aromatic N) is 2. The predicted molar refractivity (Wildman–Crippen MR) is 299 cm³/mol. The molecular weight excluding hydrogens is 845 g/mol. The minimum absolute atomic E-state index is 0.0189. The van der Waals surface area contributed by atoms with Crippen LogP contribution in [0.15, 0.2) is 224 Å². The Balaban J connectivity index is 1.16. The van der Waals surface area contributed by atoms with Gasteiger partial charge in [0.1, 0.15) is 0 Å². The molecule has 12 rings (SSSR count). The summed E-state index contributed by atoms with van der Waals surface area (Å²) >= 11 is 0. The SMILES string of the molecule is CC(C)(C)c1cc(-c2cccc3cccc(-c4ccccc4N(c4ccc5c(c4)C(C)(c4ccccc4)c4ccccc4-5)c4cccc5c4c4ccccc4n5-c4ccccc4)c23)cc(C(C)(C)C)c1. The van der Waals surface area contributed by atoms with E-state index >= 15 is 0 Å². The molecule has 0 spiro atoms. The van der Waals surface area contributed by atoms with Crippen LogP contribution in [0, 0.1) is 0 Å². The van der Waals surface area contributed by atoms with Crippen molar-refractivity contribution in [2.45, 2.75) is 64.7 Å². The molecule has 0 saturated carbocycles. The molecule has 11 aromatic rings. The molecule has 340 valence electrons. The van der Waals surface area contributed by atoms with Gasteiger partial charge >= 0.3 is 0 Å². The van der Waals surface area contributed by atoms with E-state index in [4.69, 9.17) is 0 Å². The monoisotopic (exact) mass is 902 g/mol. The molecule has 1 atom stereocenters. The van der Waals surface area contributed by atoms with Crippen molar-refractivity contribution in [3.05, 3.63) is 252 Å². The Hall–Kier alpha value is -7.94. The first-order valence-corrected chi connectivity index (χ1v) is 24.8. The van der Waals surface area contributed by atoms with Crippen LogP contribution < -0.4 is 4.90 Å². The van der Waals surface area contributed by atoms with E-state index in [-0.39, 0.29) is 16.2 Å². The lowest BCUT2D eigenvalue weighted by Gasteiger charge is -2.32. The number of hydrogen-bond acceptors (Lipinski definition) is 1. The smallest absolute Gasteiger partial charge is 0.0562 e. The van der Waals surface area contributed by atoms with E-state index < -0.39 is 0 Å². The summed E-state index contributed by atoms with van der Waals surface area (Å²) in [5.74, 6) is 0. The zero-order valence-electron chi connectivity index (χ0n) is 41.3. The highest BCUT2D eigenvalue weighted by atomic mass is 15.2. The van der Waals surface area contributed by atoms with E-state index in [0.717, 1.165) is 28.3 Å². The second kappa shape index (κ2) is 16.4. The molecule has 0 radical (unpaired) electrons. The van der Waals surface area contributed by atoms with Crippen molar-refractivity contribution in [3.8, 4) is 39.1 Å². The number of fused-ring (bicyclic) bond motifs is 7. The Bertz CT molecular complexity index is 3770. The van der Waals surface area contributed by atoms with Crippen LogP contribution in [-0.2, 0) is 16.2 Å². The first kappa shape index (κ1) is 43.3. The van der Waals surface area contributed by atoms with Crippen LogP contribution in [-0.4, -0.2) is 4.57 Å². The zero-order chi connectivity index (χ0) is 47.9. The zero-order valence-corrected chi connectivity index (χ0v) is 41.3. The van der Waals surface area contributed by atoms with E-state index in [1.54, 1.807) is 0 Å². The third-order valence-corrected chi connectivity index (χ3v) is 15.2. The summed E-state index contributed by atoms with van der Waals surface area (Å²) in [4.78, 5) is 2.56. The van der Waals surface area contributed by atoms with Gasteiger partial charge < -0.3 is 9.47 Å². The molecular formula is C68H58N2. The molecule has 1 aliphatic carbocycles. The molecule has 10 aromatic carbocycles. The fraction of sp³-hybridized carbons (Fsp3) is 0.147. The van der Waals surface area contributed by atoms with E-state index in [1.807, 2.05) is 0 Å². The molecule has 70 heavy (non-hydrogen) atoms. The average molecular weight is 903 g/mol. The first-order chi connectivity index (χ1) is 33.9. The van der Waals surface area contributed by atoms with Crippen LogP contribution >= 0.6 is 0 Å². The summed E-state index contributed by atoms with van der Waals surface area (Å²) in [6.45, 7) is 16.4. The molecule has 2 nitrogen and oxygen atoms in total. The fourth-order valence-electron chi connectivity index (χ4n) is 11.5. The molecule has 0 aliphatic heterocycles. The lowest BCUT2D eigenvalue weighted by molar-refractivity contribution is 0.569. The molecule has 1 heterocycles. The summed E-state index contributed by atoms with van der Waals surface area (Å²) in [6, 6.07) is 84.0. The molecule has 1 unspecified atom stereocenters. The third-order valence-electron chi connectivity index (χ3n) is 15.2. The van der Waals surface area contributed by atoms with Gasteiger partial charge in [0.2, 0.25) is 0 Å². The Kier molecular flexibility index (Phi) is 10.1. The number of rotatable bonds is 7. The van der Waals surface area contributed by atoms with Gasteiger partial charge in [0, 0.05) is 33.1 Å². The summed E-state index contributed by atoms with van der Waals surface area (Å²) < 4.78 is 2.43. The maximum Gasteiger partial charge on any atom is 0.0562 e. The molecule has 1 aliphatic rings. The van der Waals surface area contributed by atoms with Gasteiger partial charge in [0.15, 0.2) is 0 Å². The van der Waals surface area contributed by atoms with Crippen molar-refractivity contribution in [1.29, 1.82) is 0 Å². The highest BCUT2D eigenvalue weighted by molar-refractivity contribution is 6.17. The Morgan fingerprint density at radius 3 is 1.69 bits per heavy atom. The van der Waals surface area contributed by atoms with Crippen LogP contribution in [0.2, 0.25) is 0 Å². The van der Waals surface area contributed by atoms with Gasteiger partial charge in [0.25, 0.3) is 0 Å². The molecule has 0 amide bonds. The normalized spacial score (nSPS) is 14.6. The molecule has 0 bridgehead atoms. The van der Waals surface area contributed by atoms with Gasteiger partial charge in [-0.3, -0.25) is 0 Å². The minimum atomic E-state index is -0.373. The Labute approximate surface area is 413 Å². The number of hydrogen-bond donors (Lipinski definition) is 0. The largest absolute Gasteiger partial charge is 0.309 e. The van der Waals surface area contributed by atoms with Gasteiger partial charge in [-0.05, 0) is 133 Å². The van der Waals surface area contributed by atoms with Crippen LogP contribution in [0.1, 0.15) is 76.3 Å². The number of aromatic nitrogens is 1. The Morgan fingerprint density at radius 2 is 0.957 bits per heavy atom. The van der Waals surface area contributed by atoms with Gasteiger partial charge in [-0.2, -0.15) is 0 Å². The van der Waals surface area contributed by atoms with E-state index in [1.165, 1.54) is 88.3 Å². The van der Waals surface area contributed by atoms with Crippen LogP contribution in [0.25, 0.3) is 71.6 Å². The van der Waals surface area contributed by atoms with Gasteiger partial charge in [-0.15, -0.1) is 0 Å². The Morgan fingerprint density at radius 1 is 0.400 bits per heavy atom. The van der Waals surface area contributed by atoms with E-state index in [2.05, 4.69) is 282 Å². The maximum atomic E-state index is 2.56. The van der Waals surface area contributed by atoms with Crippen molar-refractivity contribution >= 4 is 49.6 Å². The molecule has 0 N–H and O–H groups in total. The molecule has 2 heteroatoms. The third kappa shape index (κ3) is 6.91. The fourth-order valence-corrected chi connectivity index (χ4v) is 11.5. The van der Waals surface area contributed by atoms with Gasteiger partial charge in [0.05, 0.1) is 22.4 Å². The summed E-state index contributed by atoms with van der Waals surface area (Å²) in [7, 11) is 0. The standard InChI is InChI=1S/C68H58N2/c1-66(2,3)48-41-46(42-49(43-48)67(4,5)6)52-32-20-23-45-24-21-33-56(64(45)52)55-30-15-18-35-60(55)70(63-38-22-37-62-65(63)57-31-16-19-36-61(57)69(62)50-27-12-9-13-28-50)51-39-40-54-53-29-14-17-34-58(53)68(7,59(54)44-51)47-25-10-8-11-26-47/h8-44H,1-7H3. The van der Waals surface area contributed by atoms with E-state index in [9.17, 15) is 0 Å². The summed E-state index contributed by atoms with van der Waals surface area (Å²) in [5, 5.41) is 4.89. The topological polar surface area (TPSA) is 8.17 Å². The van der Waals surface area contributed by atoms with Crippen LogP contribution in [0.3, 0.4) is 0 Å². The highest BCUT2D eigenvalue weighted by Gasteiger charge is 2.41. The lowest BCUT2D eigenvalue weighted by Crippen LogP contribution is -2.23. The summed E-state index contributed by atoms with van der Waals surface area (Å²) in [5.41, 5.74) is 20.5. The minimum Gasteiger partial charge on any atom is -0.309 e. The van der Waals surface area contributed by atoms with Crippen LogP contribution in [0.4, 0.5) is 17.1 Å². The van der Waals surface area contributed by atoms with Crippen molar-refractivity contribution in [2.75, 3.05) is 4.90 Å². The van der Waals surface area contributed by atoms with Crippen molar-refractivity contribution in [3.63, 3.8) is 0 Å². The number of anilines is 3. The maximum absolute atomic E-state index is 2.56. The molecule has 0 fully saturated rings. The molecule has 0 saturated heterocycles. The van der Waals surface area contributed by atoms with E-state index in [0.29, 0.717) is 0 Å². The predicted octanol–water partition coefficient (Wildman–Crippen LogP) is 18.7. The first-order valence-electron chi connectivity index (χ1n) is 24.8. The van der Waals surface area contributed by atoms with Crippen LogP contribution in [0.5, 0.6) is 0 Å². The van der Waals surface area contributed by atoms with Gasteiger partial charge in [-0.1, -0.05) is 217 Å². The average Bonchev–Trinajstić information content (AvgIpc) is 3.86. The second-order valence-corrected chi connectivity index (χ2v) is 21.5. The lowest BCUT2D eigenvalue weighted by atomic mass is 9.74. The summed E-state index contributed by atoms with van der Waals surface area (Å²) in [6.07, 6.45) is 0. The van der Waals surface area contributed by atoms with Crippen molar-refractivity contribution in [1.82, 2.24) is 4.57 Å².